The molecule has 1 aromatic carbocycles. The second-order valence-corrected chi connectivity index (χ2v) is 4.33. The average molecular weight is 276 g/mol. The van der Waals surface area contributed by atoms with Crippen molar-refractivity contribution in [3.8, 4) is 0 Å². The first-order valence-corrected chi connectivity index (χ1v) is 6.27. The van der Waals surface area contributed by atoms with Crippen LogP contribution in [-0.4, -0.2) is 50.9 Å². The molecule has 2 rings (SSSR count). The summed E-state index contributed by atoms with van der Waals surface area (Å²) in [4.78, 5) is 0. The lowest BCUT2D eigenvalue weighted by Crippen LogP contribution is -2.29. The van der Waals surface area contributed by atoms with Crippen LogP contribution in [0.2, 0.25) is 0 Å². The van der Waals surface area contributed by atoms with E-state index in [1.165, 1.54) is 0 Å². The van der Waals surface area contributed by atoms with E-state index in [1.54, 1.807) is 6.20 Å². The molecular formula is C13H16N4O3. The topological polar surface area (TPSA) is 111 Å². The summed E-state index contributed by atoms with van der Waals surface area (Å²) in [5, 5.41) is 44.7. The highest BCUT2D eigenvalue weighted by atomic mass is 16.4. The molecule has 106 valence electrons. The van der Waals surface area contributed by atoms with Gasteiger partial charge in [0.1, 0.15) is 6.10 Å². The zero-order valence-corrected chi connectivity index (χ0v) is 10.8. The zero-order valence-electron chi connectivity index (χ0n) is 10.8. The average Bonchev–Trinajstić information content (AvgIpc) is 2.50. The highest BCUT2D eigenvalue weighted by Gasteiger charge is 2.14. The van der Waals surface area contributed by atoms with Gasteiger partial charge in [0, 0.05) is 10.8 Å². The van der Waals surface area contributed by atoms with E-state index < -0.39 is 18.8 Å². The van der Waals surface area contributed by atoms with Crippen molar-refractivity contribution in [2.24, 2.45) is 10.2 Å². The molecule has 7 heteroatoms. The maximum atomic E-state index is 9.45. The van der Waals surface area contributed by atoms with E-state index >= 15 is 0 Å². The number of aliphatic hydroxyl groups is 3. The zero-order chi connectivity index (χ0) is 14.4. The summed E-state index contributed by atoms with van der Waals surface area (Å²) in [6, 6.07) is 7.56. The Morgan fingerprint density at radius 1 is 1.15 bits per heavy atom. The van der Waals surface area contributed by atoms with E-state index in [0.717, 1.165) is 10.8 Å². The number of aliphatic hydroxyl groups excluding tert-OH is 3. The fourth-order valence-electron chi connectivity index (χ4n) is 1.71. The molecule has 0 saturated carbocycles. The van der Waals surface area contributed by atoms with Crippen LogP contribution in [0.3, 0.4) is 0 Å². The minimum absolute atomic E-state index is 0.212. The van der Waals surface area contributed by atoms with Crippen LogP contribution < -0.4 is 0 Å². The summed E-state index contributed by atoms with van der Waals surface area (Å²) >= 11 is 0. The van der Waals surface area contributed by atoms with E-state index in [4.69, 9.17) is 5.11 Å². The van der Waals surface area contributed by atoms with Crippen LogP contribution in [0.5, 0.6) is 0 Å². The smallest absolute Gasteiger partial charge is 0.203 e. The van der Waals surface area contributed by atoms with Crippen molar-refractivity contribution < 1.29 is 15.3 Å². The van der Waals surface area contributed by atoms with Crippen molar-refractivity contribution in [1.82, 2.24) is 10.2 Å². The molecule has 2 atom stereocenters. The molecule has 0 amide bonds. The Labute approximate surface area is 115 Å². The minimum Gasteiger partial charge on any atom is -0.394 e. The molecule has 0 saturated heterocycles. The van der Waals surface area contributed by atoms with Gasteiger partial charge >= 0.3 is 0 Å². The minimum atomic E-state index is -1.15. The van der Waals surface area contributed by atoms with E-state index in [-0.39, 0.29) is 13.0 Å². The number of rotatable bonds is 6. The summed E-state index contributed by atoms with van der Waals surface area (Å²) in [6.07, 6.45) is -0.306. The molecule has 3 N–H and O–H groups in total. The molecule has 0 radical (unpaired) electrons. The number of benzene rings is 1. The molecular weight excluding hydrogens is 260 g/mol. The largest absolute Gasteiger partial charge is 0.394 e. The van der Waals surface area contributed by atoms with Gasteiger partial charge in [-0.3, -0.25) is 0 Å². The second kappa shape index (κ2) is 6.99. The summed E-state index contributed by atoms with van der Waals surface area (Å²) in [6.45, 7) is -0.254. The van der Waals surface area contributed by atoms with Crippen molar-refractivity contribution >= 4 is 16.6 Å². The predicted octanol–water partition coefficient (Wildman–Crippen LogP) is 0.818. The Bertz CT molecular complexity index is 585. The van der Waals surface area contributed by atoms with Gasteiger partial charge in [0.05, 0.1) is 25.5 Å². The number of aromatic nitrogens is 2. The summed E-state index contributed by atoms with van der Waals surface area (Å²) in [5.74, 6) is 0.417. The Balaban J connectivity index is 2.00. The fraction of sp³-hybridized carbons (Fsp3) is 0.385. The molecule has 0 aliphatic rings. The van der Waals surface area contributed by atoms with E-state index in [0.29, 0.717) is 5.82 Å². The molecule has 20 heavy (non-hydrogen) atoms. The molecule has 2 unspecified atom stereocenters. The number of hydrogen-bond donors (Lipinski definition) is 3. The van der Waals surface area contributed by atoms with Crippen molar-refractivity contribution in [2.45, 2.75) is 18.6 Å². The van der Waals surface area contributed by atoms with Crippen molar-refractivity contribution in [3.05, 3.63) is 30.5 Å². The van der Waals surface area contributed by atoms with E-state index in [1.807, 2.05) is 24.3 Å². The van der Waals surface area contributed by atoms with Crippen LogP contribution in [0, 0.1) is 0 Å². The summed E-state index contributed by atoms with van der Waals surface area (Å²) < 4.78 is 0. The first-order valence-electron chi connectivity index (χ1n) is 6.27. The van der Waals surface area contributed by atoms with E-state index in [2.05, 4.69) is 20.4 Å². The normalized spacial score (nSPS) is 14.8. The molecule has 1 heterocycles. The van der Waals surface area contributed by atoms with Gasteiger partial charge in [0.15, 0.2) is 0 Å². The quantitative estimate of drug-likeness (QED) is 0.676. The first kappa shape index (κ1) is 14.4. The lowest BCUT2D eigenvalue weighted by Gasteiger charge is -2.13. The molecule has 0 fully saturated rings. The van der Waals surface area contributed by atoms with Gasteiger partial charge in [-0.25, -0.2) is 0 Å². The van der Waals surface area contributed by atoms with Crippen LogP contribution in [0.4, 0.5) is 5.82 Å². The van der Waals surface area contributed by atoms with Crippen LogP contribution in [-0.2, 0) is 0 Å². The Morgan fingerprint density at radius 3 is 2.75 bits per heavy atom. The molecule has 2 aromatic rings. The van der Waals surface area contributed by atoms with Crippen LogP contribution in [0.25, 0.3) is 10.8 Å². The van der Waals surface area contributed by atoms with Gasteiger partial charge in [0.2, 0.25) is 5.82 Å². The number of fused-ring (bicyclic) bond motifs is 1. The molecule has 7 nitrogen and oxygen atoms in total. The first-order chi connectivity index (χ1) is 9.72. The fourth-order valence-corrected chi connectivity index (χ4v) is 1.71. The van der Waals surface area contributed by atoms with Crippen LogP contribution in [0.1, 0.15) is 6.42 Å². The van der Waals surface area contributed by atoms with Crippen molar-refractivity contribution in [1.29, 1.82) is 0 Å². The summed E-state index contributed by atoms with van der Waals surface area (Å²) in [7, 11) is 0. The van der Waals surface area contributed by atoms with Gasteiger partial charge in [-0.05, 0) is 6.42 Å². The SMILES string of the molecule is OCC(O)C(O)CCN=Nc1nncc2ccccc12. The number of azo groups is 1. The van der Waals surface area contributed by atoms with Crippen LogP contribution in [0.15, 0.2) is 40.7 Å². The highest BCUT2D eigenvalue weighted by molar-refractivity contribution is 5.89. The van der Waals surface area contributed by atoms with Gasteiger partial charge in [-0.1, -0.05) is 24.3 Å². The lowest BCUT2D eigenvalue weighted by atomic mass is 10.1. The lowest BCUT2D eigenvalue weighted by molar-refractivity contribution is -0.0163. The highest BCUT2D eigenvalue weighted by Crippen LogP contribution is 2.21. The Hall–Kier alpha value is -1.96. The van der Waals surface area contributed by atoms with E-state index in [9.17, 15) is 10.2 Å². The van der Waals surface area contributed by atoms with Gasteiger partial charge < -0.3 is 15.3 Å². The standard InChI is InChI=1S/C13H16N4O3/c18-8-12(20)11(19)5-6-14-16-13-10-4-2-1-3-9(10)7-15-17-13/h1-4,7,11-12,18-20H,5-6,8H2. The van der Waals surface area contributed by atoms with Crippen LogP contribution >= 0.6 is 0 Å². The molecule has 0 bridgehead atoms. The molecule has 0 spiro atoms. The summed E-state index contributed by atoms with van der Waals surface area (Å²) in [5.41, 5.74) is 0. The Morgan fingerprint density at radius 2 is 1.95 bits per heavy atom. The third kappa shape index (κ3) is 3.53. The maximum absolute atomic E-state index is 9.45. The maximum Gasteiger partial charge on any atom is 0.203 e. The van der Waals surface area contributed by atoms with Gasteiger partial charge in [-0.2, -0.15) is 10.2 Å². The Kier molecular flexibility index (Phi) is 5.05. The number of nitrogens with zero attached hydrogens (tertiary/aromatic N) is 4. The predicted molar refractivity (Wildman–Crippen MR) is 72.6 cm³/mol. The van der Waals surface area contributed by atoms with Gasteiger partial charge in [0.25, 0.3) is 0 Å². The molecule has 0 aliphatic carbocycles. The second-order valence-electron chi connectivity index (χ2n) is 4.33. The molecule has 1 aromatic heterocycles. The third-order valence-corrected chi connectivity index (χ3v) is 2.87. The van der Waals surface area contributed by atoms with Crippen molar-refractivity contribution in [3.63, 3.8) is 0 Å². The van der Waals surface area contributed by atoms with Crippen molar-refractivity contribution in [2.75, 3.05) is 13.2 Å². The number of hydrogen-bond acceptors (Lipinski definition) is 7. The van der Waals surface area contributed by atoms with Gasteiger partial charge in [-0.15, -0.1) is 10.2 Å². The third-order valence-electron chi connectivity index (χ3n) is 2.87. The monoisotopic (exact) mass is 276 g/mol. The molecule has 0 aliphatic heterocycles.